The second kappa shape index (κ2) is 4.41. The molecule has 0 bridgehead atoms. The Labute approximate surface area is 61.0 Å². The largest absolute Gasteiger partial charge is 0.395 e. The van der Waals surface area contributed by atoms with Crippen molar-refractivity contribution in [3.8, 4) is 0 Å². The Morgan fingerprint density at radius 1 is 1.70 bits per heavy atom. The van der Waals surface area contributed by atoms with Gasteiger partial charge in [-0.15, -0.1) is 0 Å². The van der Waals surface area contributed by atoms with Crippen LogP contribution in [-0.2, 0) is 9.53 Å². The Morgan fingerprint density at radius 2 is 2.30 bits per heavy atom. The van der Waals surface area contributed by atoms with Gasteiger partial charge in [0.15, 0.2) is 0 Å². The standard InChI is InChI=1S/C7H14O3/c1-3-7(4-8,5-9)6-10-2/h4,9H,3,5-6H2,1-2H3. The van der Waals surface area contributed by atoms with E-state index in [0.717, 1.165) is 6.29 Å². The summed E-state index contributed by atoms with van der Waals surface area (Å²) < 4.78 is 4.79. The molecule has 0 fully saturated rings. The Kier molecular flexibility index (Phi) is 4.23. The summed E-state index contributed by atoms with van der Waals surface area (Å²) in [6, 6.07) is 0. The molecule has 0 rings (SSSR count). The van der Waals surface area contributed by atoms with E-state index in [4.69, 9.17) is 9.84 Å². The van der Waals surface area contributed by atoms with Crippen molar-refractivity contribution in [1.29, 1.82) is 0 Å². The molecule has 60 valence electrons. The molecule has 0 aliphatic carbocycles. The molecular formula is C7H14O3. The van der Waals surface area contributed by atoms with Crippen LogP contribution in [0.4, 0.5) is 0 Å². The van der Waals surface area contributed by atoms with Gasteiger partial charge in [0.1, 0.15) is 6.29 Å². The maximum absolute atomic E-state index is 10.4. The first-order valence-corrected chi connectivity index (χ1v) is 3.31. The summed E-state index contributed by atoms with van der Waals surface area (Å²) in [5.41, 5.74) is -0.672. The normalized spacial score (nSPS) is 16.3. The van der Waals surface area contributed by atoms with Gasteiger partial charge in [0.05, 0.1) is 18.6 Å². The fourth-order valence-corrected chi connectivity index (χ4v) is 0.702. The lowest BCUT2D eigenvalue weighted by atomic mass is 9.89. The summed E-state index contributed by atoms with van der Waals surface area (Å²) in [6.07, 6.45) is 1.37. The van der Waals surface area contributed by atoms with Gasteiger partial charge in [-0.05, 0) is 6.42 Å². The molecule has 1 atom stereocenters. The molecule has 3 heteroatoms. The van der Waals surface area contributed by atoms with Crippen molar-refractivity contribution in [1.82, 2.24) is 0 Å². The van der Waals surface area contributed by atoms with E-state index in [1.165, 1.54) is 7.11 Å². The average molecular weight is 146 g/mol. The summed E-state index contributed by atoms with van der Waals surface area (Å²) in [5.74, 6) is 0. The predicted octanol–water partition coefficient (Wildman–Crippen LogP) is 0.220. The molecule has 0 aromatic carbocycles. The number of ether oxygens (including phenoxy) is 1. The van der Waals surface area contributed by atoms with Gasteiger partial charge < -0.3 is 14.6 Å². The van der Waals surface area contributed by atoms with E-state index in [9.17, 15) is 4.79 Å². The van der Waals surface area contributed by atoms with E-state index in [-0.39, 0.29) is 6.61 Å². The number of methoxy groups -OCH3 is 1. The third kappa shape index (κ3) is 2.08. The summed E-state index contributed by atoms with van der Waals surface area (Å²) in [6.45, 7) is 2.01. The van der Waals surface area contributed by atoms with Gasteiger partial charge in [0, 0.05) is 7.11 Å². The van der Waals surface area contributed by atoms with E-state index in [1.54, 1.807) is 0 Å². The summed E-state index contributed by atoms with van der Waals surface area (Å²) in [7, 11) is 1.52. The molecule has 1 N–H and O–H groups in total. The van der Waals surface area contributed by atoms with E-state index in [2.05, 4.69) is 0 Å². The minimum absolute atomic E-state index is 0.138. The van der Waals surface area contributed by atoms with E-state index in [0.29, 0.717) is 13.0 Å². The first-order valence-electron chi connectivity index (χ1n) is 3.31. The molecule has 0 heterocycles. The molecule has 0 saturated heterocycles. The highest BCUT2D eigenvalue weighted by Crippen LogP contribution is 2.17. The monoisotopic (exact) mass is 146 g/mol. The molecule has 0 radical (unpaired) electrons. The zero-order valence-corrected chi connectivity index (χ0v) is 6.46. The third-order valence-electron chi connectivity index (χ3n) is 1.70. The van der Waals surface area contributed by atoms with Crippen LogP contribution in [0.25, 0.3) is 0 Å². The number of aliphatic hydroxyl groups is 1. The number of carbonyl (C=O) groups excluding carboxylic acids is 1. The molecule has 1 unspecified atom stereocenters. The van der Waals surface area contributed by atoms with Gasteiger partial charge in [-0.3, -0.25) is 0 Å². The van der Waals surface area contributed by atoms with Crippen molar-refractivity contribution in [2.24, 2.45) is 5.41 Å². The summed E-state index contributed by atoms with van der Waals surface area (Å²) in [5, 5.41) is 8.80. The summed E-state index contributed by atoms with van der Waals surface area (Å²) in [4.78, 5) is 10.4. The van der Waals surface area contributed by atoms with E-state index >= 15 is 0 Å². The number of aliphatic hydroxyl groups excluding tert-OH is 1. The number of aldehydes is 1. The quantitative estimate of drug-likeness (QED) is 0.564. The summed E-state index contributed by atoms with van der Waals surface area (Å²) >= 11 is 0. The second-order valence-corrected chi connectivity index (χ2v) is 2.42. The smallest absolute Gasteiger partial charge is 0.130 e. The molecule has 0 saturated carbocycles. The predicted molar refractivity (Wildman–Crippen MR) is 37.7 cm³/mol. The Morgan fingerprint density at radius 3 is 2.40 bits per heavy atom. The van der Waals surface area contributed by atoms with Crippen LogP contribution in [0.1, 0.15) is 13.3 Å². The van der Waals surface area contributed by atoms with Gasteiger partial charge >= 0.3 is 0 Å². The molecule has 3 nitrogen and oxygen atoms in total. The maximum Gasteiger partial charge on any atom is 0.130 e. The van der Waals surface area contributed by atoms with Crippen LogP contribution in [0.5, 0.6) is 0 Å². The number of rotatable bonds is 5. The van der Waals surface area contributed by atoms with Crippen LogP contribution in [0.2, 0.25) is 0 Å². The minimum Gasteiger partial charge on any atom is -0.395 e. The van der Waals surface area contributed by atoms with Gasteiger partial charge in [-0.25, -0.2) is 0 Å². The molecule has 0 spiro atoms. The molecule has 0 aliphatic heterocycles. The first-order chi connectivity index (χ1) is 4.74. The van der Waals surface area contributed by atoms with Crippen LogP contribution >= 0.6 is 0 Å². The number of hydrogen-bond acceptors (Lipinski definition) is 3. The zero-order chi connectivity index (χ0) is 8.04. The highest BCUT2D eigenvalue weighted by molar-refractivity contribution is 5.59. The van der Waals surface area contributed by atoms with Gasteiger partial charge in [-0.1, -0.05) is 6.92 Å². The van der Waals surface area contributed by atoms with Crippen LogP contribution < -0.4 is 0 Å². The average Bonchev–Trinajstić information content (AvgIpc) is 2.01. The molecule has 0 amide bonds. The van der Waals surface area contributed by atoms with Crippen LogP contribution in [-0.4, -0.2) is 31.7 Å². The van der Waals surface area contributed by atoms with Gasteiger partial charge in [0.2, 0.25) is 0 Å². The third-order valence-corrected chi connectivity index (χ3v) is 1.70. The van der Waals surface area contributed by atoms with E-state index < -0.39 is 5.41 Å². The second-order valence-electron chi connectivity index (χ2n) is 2.42. The lowest BCUT2D eigenvalue weighted by Crippen LogP contribution is -2.31. The van der Waals surface area contributed by atoms with Crippen molar-refractivity contribution in [3.63, 3.8) is 0 Å². The molecular weight excluding hydrogens is 132 g/mol. The van der Waals surface area contributed by atoms with Crippen LogP contribution in [0, 0.1) is 5.41 Å². The number of hydrogen-bond donors (Lipinski definition) is 1. The van der Waals surface area contributed by atoms with E-state index in [1.807, 2.05) is 6.92 Å². The Bertz CT molecular complexity index is 97.0. The molecule has 0 aromatic heterocycles. The lowest BCUT2D eigenvalue weighted by molar-refractivity contribution is -0.122. The van der Waals surface area contributed by atoms with Crippen molar-refractivity contribution < 1.29 is 14.6 Å². The first kappa shape index (κ1) is 9.59. The Hall–Kier alpha value is -0.410. The lowest BCUT2D eigenvalue weighted by Gasteiger charge is -2.21. The van der Waals surface area contributed by atoms with Gasteiger partial charge in [0.25, 0.3) is 0 Å². The fourth-order valence-electron chi connectivity index (χ4n) is 0.702. The highest BCUT2D eigenvalue weighted by atomic mass is 16.5. The highest BCUT2D eigenvalue weighted by Gasteiger charge is 2.26. The van der Waals surface area contributed by atoms with Crippen molar-refractivity contribution in [3.05, 3.63) is 0 Å². The minimum atomic E-state index is -0.672. The molecule has 10 heavy (non-hydrogen) atoms. The molecule has 0 aliphatic rings. The van der Waals surface area contributed by atoms with Crippen molar-refractivity contribution in [2.75, 3.05) is 20.3 Å². The van der Waals surface area contributed by atoms with Crippen LogP contribution in [0.15, 0.2) is 0 Å². The number of carbonyl (C=O) groups is 1. The SMILES string of the molecule is CCC(C=O)(CO)COC. The van der Waals surface area contributed by atoms with Crippen molar-refractivity contribution >= 4 is 6.29 Å². The van der Waals surface area contributed by atoms with Gasteiger partial charge in [-0.2, -0.15) is 0 Å². The molecule has 0 aromatic rings. The fraction of sp³-hybridized carbons (Fsp3) is 0.857. The van der Waals surface area contributed by atoms with Crippen molar-refractivity contribution in [2.45, 2.75) is 13.3 Å². The zero-order valence-electron chi connectivity index (χ0n) is 6.46. The topological polar surface area (TPSA) is 46.5 Å². The van der Waals surface area contributed by atoms with Crippen LogP contribution in [0.3, 0.4) is 0 Å². The Balaban J connectivity index is 4.00. The maximum atomic E-state index is 10.4.